The number of Topliss-reactive ketones (excluding diaryl/α,β-unsaturated/α-hetero) is 1. The van der Waals surface area contributed by atoms with Gasteiger partial charge < -0.3 is 19.8 Å². The smallest absolute Gasteiger partial charge is 0.231 e. The summed E-state index contributed by atoms with van der Waals surface area (Å²) in [6.07, 6.45) is 2.03. The molecule has 0 radical (unpaired) electrons. The summed E-state index contributed by atoms with van der Waals surface area (Å²) in [6, 6.07) is 11.0. The van der Waals surface area contributed by atoms with Crippen LogP contribution in [0.25, 0.3) is 10.9 Å². The highest BCUT2D eigenvalue weighted by Gasteiger charge is 2.20. The molecule has 0 saturated heterocycles. The molecule has 0 saturated carbocycles. The molecule has 126 valence electrons. The van der Waals surface area contributed by atoms with Gasteiger partial charge in [0.15, 0.2) is 17.3 Å². The maximum absolute atomic E-state index is 12.5. The van der Waals surface area contributed by atoms with E-state index in [2.05, 4.69) is 10.3 Å². The summed E-state index contributed by atoms with van der Waals surface area (Å²) < 4.78 is 10.6. The van der Waals surface area contributed by atoms with Crippen LogP contribution in [0.2, 0.25) is 0 Å². The van der Waals surface area contributed by atoms with E-state index in [9.17, 15) is 9.59 Å². The van der Waals surface area contributed by atoms with Gasteiger partial charge in [-0.2, -0.15) is 0 Å². The standard InChI is InChI=1S/C19H16N2O4/c1-11(22)14-7-17-18(25-10-24-17)8-16(14)21-19(23)6-12-9-20-15-5-3-2-4-13(12)15/h2-5,7-9,20H,6,10H2,1H3,(H,21,23). The van der Waals surface area contributed by atoms with Gasteiger partial charge in [0.25, 0.3) is 0 Å². The molecule has 0 aliphatic carbocycles. The monoisotopic (exact) mass is 336 g/mol. The molecule has 2 aromatic carbocycles. The maximum Gasteiger partial charge on any atom is 0.231 e. The first kappa shape index (κ1) is 15.3. The third kappa shape index (κ3) is 2.82. The number of carbonyl (C=O) groups is 2. The molecule has 0 bridgehead atoms. The summed E-state index contributed by atoms with van der Waals surface area (Å²) in [4.78, 5) is 27.5. The Kier molecular flexibility index (Phi) is 3.65. The lowest BCUT2D eigenvalue weighted by Gasteiger charge is -2.10. The van der Waals surface area contributed by atoms with Gasteiger partial charge in [-0.3, -0.25) is 9.59 Å². The number of benzene rings is 2. The lowest BCUT2D eigenvalue weighted by molar-refractivity contribution is -0.115. The Morgan fingerprint density at radius 3 is 2.72 bits per heavy atom. The van der Waals surface area contributed by atoms with Crippen molar-refractivity contribution in [3.8, 4) is 11.5 Å². The van der Waals surface area contributed by atoms with Gasteiger partial charge in [-0.05, 0) is 24.6 Å². The molecule has 0 atom stereocenters. The number of fused-ring (bicyclic) bond motifs is 2. The molecule has 25 heavy (non-hydrogen) atoms. The third-order valence-electron chi connectivity index (χ3n) is 4.19. The van der Waals surface area contributed by atoms with Crippen LogP contribution in [0.1, 0.15) is 22.8 Å². The number of aromatic nitrogens is 1. The zero-order chi connectivity index (χ0) is 17.4. The Balaban J connectivity index is 1.59. The van der Waals surface area contributed by atoms with Crippen LogP contribution in [-0.2, 0) is 11.2 Å². The van der Waals surface area contributed by atoms with Crippen LogP contribution >= 0.6 is 0 Å². The highest BCUT2D eigenvalue weighted by atomic mass is 16.7. The van der Waals surface area contributed by atoms with Gasteiger partial charge in [0.2, 0.25) is 12.7 Å². The van der Waals surface area contributed by atoms with E-state index in [0.717, 1.165) is 16.5 Å². The first-order valence-electron chi connectivity index (χ1n) is 7.91. The highest BCUT2D eigenvalue weighted by molar-refractivity contribution is 6.05. The van der Waals surface area contributed by atoms with E-state index in [1.54, 1.807) is 12.1 Å². The number of ketones is 1. The van der Waals surface area contributed by atoms with Crippen LogP contribution in [0.5, 0.6) is 11.5 Å². The SMILES string of the molecule is CC(=O)c1cc2c(cc1NC(=O)Cc1c[nH]c3ccccc13)OCO2. The summed E-state index contributed by atoms with van der Waals surface area (Å²) in [5.74, 6) is 0.680. The number of hydrogen-bond donors (Lipinski definition) is 2. The fourth-order valence-corrected chi connectivity index (χ4v) is 2.98. The molecular weight excluding hydrogens is 320 g/mol. The Morgan fingerprint density at radius 1 is 1.16 bits per heavy atom. The van der Waals surface area contributed by atoms with Gasteiger partial charge in [-0.1, -0.05) is 18.2 Å². The van der Waals surface area contributed by atoms with Gasteiger partial charge in [0.05, 0.1) is 12.1 Å². The van der Waals surface area contributed by atoms with Crippen molar-refractivity contribution >= 4 is 28.3 Å². The number of H-pyrrole nitrogens is 1. The predicted octanol–water partition coefficient (Wildman–Crippen LogP) is 3.28. The number of rotatable bonds is 4. The fourth-order valence-electron chi connectivity index (χ4n) is 2.98. The highest BCUT2D eigenvalue weighted by Crippen LogP contribution is 2.37. The van der Waals surface area contributed by atoms with Crippen molar-refractivity contribution in [3.05, 3.63) is 53.7 Å². The second-order valence-electron chi connectivity index (χ2n) is 5.89. The van der Waals surface area contributed by atoms with E-state index >= 15 is 0 Å². The van der Waals surface area contributed by atoms with E-state index in [1.165, 1.54) is 6.92 Å². The minimum Gasteiger partial charge on any atom is -0.454 e. The molecule has 1 aliphatic rings. The van der Waals surface area contributed by atoms with Crippen LogP contribution in [0.15, 0.2) is 42.6 Å². The maximum atomic E-state index is 12.5. The van der Waals surface area contributed by atoms with Crippen molar-refractivity contribution in [2.24, 2.45) is 0 Å². The molecule has 2 N–H and O–H groups in total. The first-order valence-corrected chi connectivity index (χ1v) is 7.91. The van der Waals surface area contributed by atoms with Crippen LogP contribution in [0.4, 0.5) is 5.69 Å². The molecule has 1 aliphatic heterocycles. The number of para-hydroxylation sites is 1. The summed E-state index contributed by atoms with van der Waals surface area (Å²) in [5, 5.41) is 3.82. The number of nitrogens with one attached hydrogen (secondary N) is 2. The minimum atomic E-state index is -0.203. The Labute approximate surface area is 143 Å². The summed E-state index contributed by atoms with van der Waals surface area (Å²) in [7, 11) is 0. The first-order chi connectivity index (χ1) is 12.1. The number of amides is 1. The second kappa shape index (κ2) is 5.98. The van der Waals surface area contributed by atoms with Crippen LogP contribution < -0.4 is 14.8 Å². The summed E-state index contributed by atoms with van der Waals surface area (Å²) in [6.45, 7) is 1.56. The van der Waals surface area contributed by atoms with Gasteiger partial charge in [0.1, 0.15) is 0 Å². The lowest BCUT2D eigenvalue weighted by atomic mass is 10.1. The topological polar surface area (TPSA) is 80.4 Å². The van der Waals surface area contributed by atoms with Crippen molar-refractivity contribution in [1.82, 2.24) is 4.98 Å². The Morgan fingerprint density at radius 2 is 1.92 bits per heavy atom. The third-order valence-corrected chi connectivity index (χ3v) is 4.19. The molecule has 6 nitrogen and oxygen atoms in total. The van der Waals surface area contributed by atoms with E-state index in [-0.39, 0.29) is 24.9 Å². The second-order valence-corrected chi connectivity index (χ2v) is 5.89. The number of aromatic amines is 1. The molecule has 4 rings (SSSR count). The number of ether oxygens (including phenoxy) is 2. The Hall–Kier alpha value is -3.28. The van der Waals surface area contributed by atoms with Crippen molar-refractivity contribution in [2.45, 2.75) is 13.3 Å². The fraction of sp³-hybridized carbons (Fsp3) is 0.158. The van der Waals surface area contributed by atoms with E-state index in [4.69, 9.17) is 9.47 Å². The van der Waals surface area contributed by atoms with Crippen molar-refractivity contribution in [3.63, 3.8) is 0 Å². The molecule has 3 aromatic rings. The van der Waals surface area contributed by atoms with Gasteiger partial charge in [-0.25, -0.2) is 0 Å². The zero-order valence-corrected chi connectivity index (χ0v) is 13.6. The quantitative estimate of drug-likeness (QED) is 0.717. The Bertz CT molecular complexity index is 990. The minimum absolute atomic E-state index is 0.111. The molecular formula is C19H16N2O4. The van der Waals surface area contributed by atoms with Crippen LogP contribution in [0.3, 0.4) is 0 Å². The molecule has 1 amide bonds. The normalized spacial score (nSPS) is 12.4. The molecule has 0 unspecified atom stereocenters. The molecule has 6 heteroatoms. The van der Waals surface area contributed by atoms with Gasteiger partial charge >= 0.3 is 0 Å². The van der Waals surface area contributed by atoms with E-state index in [0.29, 0.717) is 22.7 Å². The summed E-state index contributed by atoms with van der Waals surface area (Å²) >= 11 is 0. The molecule has 0 fully saturated rings. The van der Waals surface area contributed by atoms with Crippen molar-refractivity contribution in [1.29, 1.82) is 0 Å². The largest absolute Gasteiger partial charge is 0.454 e. The average molecular weight is 336 g/mol. The molecule has 1 aromatic heterocycles. The average Bonchev–Trinajstić information content (AvgIpc) is 3.20. The van der Waals surface area contributed by atoms with Crippen LogP contribution in [0, 0.1) is 0 Å². The van der Waals surface area contributed by atoms with Crippen molar-refractivity contribution in [2.75, 3.05) is 12.1 Å². The zero-order valence-electron chi connectivity index (χ0n) is 13.6. The van der Waals surface area contributed by atoms with Gasteiger partial charge in [-0.15, -0.1) is 0 Å². The summed E-state index contributed by atoms with van der Waals surface area (Å²) in [5.41, 5.74) is 2.72. The number of anilines is 1. The predicted molar refractivity (Wildman–Crippen MR) is 93.2 cm³/mol. The van der Waals surface area contributed by atoms with Crippen LogP contribution in [-0.4, -0.2) is 23.5 Å². The lowest BCUT2D eigenvalue weighted by Crippen LogP contribution is -2.16. The van der Waals surface area contributed by atoms with Gasteiger partial charge in [0, 0.05) is 28.7 Å². The van der Waals surface area contributed by atoms with Crippen molar-refractivity contribution < 1.29 is 19.1 Å². The number of hydrogen-bond acceptors (Lipinski definition) is 4. The van der Waals surface area contributed by atoms with E-state index < -0.39 is 0 Å². The molecule has 0 spiro atoms. The number of carbonyl (C=O) groups excluding carboxylic acids is 2. The van der Waals surface area contributed by atoms with E-state index in [1.807, 2.05) is 30.5 Å². The molecule has 2 heterocycles.